The first-order valence-electron chi connectivity index (χ1n) is 9.97. The zero-order chi connectivity index (χ0) is 22.0. The van der Waals surface area contributed by atoms with Gasteiger partial charge in [0.25, 0.3) is 0 Å². The lowest BCUT2D eigenvalue weighted by Gasteiger charge is -2.27. The number of ether oxygens (including phenoxy) is 2. The first kappa shape index (κ1) is 20.9. The molecule has 1 aliphatic rings. The second-order valence-corrected chi connectivity index (χ2v) is 8.40. The van der Waals surface area contributed by atoms with Gasteiger partial charge < -0.3 is 19.7 Å². The number of hydrogen-bond donors (Lipinski definition) is 1. The number of carbonyl (C=O) groups excluding carboxylic acids is 2. The number of rotatable bonds is 6. The Balaban J connectivity index is 1.66. The van der Waals surface area contributed by atoms with Crippen LogP contribution in [0.3, 0.4) is 0 Å². The average molecular weight is 437 g/mol. The molecule has 2 heterocycles. The lowest BCUT2D eigenvalue weighted by Crippen LogP contribution is -2.32. The van der Waals surface area contributed by atoms with E-state index in [9.17, 15) is 9.59 Å². The van der Waals surface area contributed by atoms with Gasteiger partial charge in [-0.05, 0) is 42.6 Å². The highest BCUT2D eigenvalue weighted by atomic mass is 32.1. The molecule has 1 fully saturated rings. The van der Waals surface area contributed by atoms with Gasteiger partial charge in [-0.25, -0.2) is 0 Å². The standard InChI is InChI=1S/C24H24N2O4S/c1-15-6-8-16(9-7-15)26-22(27)14-18(23(26)21-5-4-12-31-21)24(28)25-19-11-10-17(29-2)13-20(19)30-3/h4-13,18,23H,14H2,1-3H3,(H,25,28). The SMILES string of the molecule is COc1ccc(NC(=O)C2CC(=O)N(c3ccc(C)cc3)C2c2cccs2)c(OC)c1. The molecule has 1 aromatic heterocycles. The van der Waals surface area contributed by atoms with Gasteiger partial charge >= 0.3 is 0 Å². The third-order valence-electron chi connectivity index (χ3n) is 5.47. The van der Waals surface area contributed by atoms with Gasteiger partial charge in [-0.3, -0.25) is 9.59 Å². The summed E-state index contributed by atoms with van der Waals surface area (Å²) in [6.45, 7) is 2.00. The lowest BCUT2D eigenvalue weighted by atomic mass is 9.97. The highest BCUT2D eigenvalue weighted by molar-refractivity contribution is 7.10. The maximum Gasteiger partial charge on any atom is 0.230 e. The smallest absolute Gasteiger partial charge is 0.230 e. The fourth-order valence-electron chi connectivity index (χ4n) is 3.89. The van der Waals surface area contributed by atoms with Crippen LogP contribution in [0.4, 0.5) is 11.4 Å². The highest BCUT2D eigenvalue weighted by Crippen LogP contribution is 2.43. The van der Waals surface area contributed by atoms with E-state index in [-0.39, 0.29) is 24.3 Å². The zero-order valence-corrected chi connectivity index (χ0v) is 18.4. The molecule has 2 atom stereocenters. The van der Waals surface area contributed by atoms with E-state index < -0.39 is 5.92 Å². The van der Waals surface area contributed by atoms with Crippen LogP contribution in [0.25, 0.3) is 0 Å². The van der Waals surface area contributed by atoms with Crippen molar-refractivity contribution in [2.75, 3.05) is 24.4 Å². The van der Waals surface area contributed by atoms with E-state index in [1.807, 2.05) is 48.7 Å². The first-order chi connectivity index (χ1) is 15.0. The summed E-state index contributed by atoms with van der Waals surface area (Å²) in [5.41, 5.74) is 2.45. The second kappa shape index (κ2) is 8.81. The number of benzene rings is 2. The number of nitrogens with one attached hydrogen (secondary N) is 1. The molecule has 2 amide bonds. The number of anilines is 2. The summed E-state index contributed by atoms with van der Waals surface area (Å²) in [5, 5.41) is 4.92. The molecular formula is C24H24N2O4S. The number of amides is 2. The number of nitrogens with zero attached hydrogens (tertiary/aromatic N) is 1. The van der Waals surface area contributed by atoms with Crippen LogP contribution in [0.5, 0.6) is 11.5 Å². The average Bonchev–Trinajstić information content (AvgIpc) is 3.42. The largest absolute Gasteiger partial charge is 0.497 e. The van der Waals surface area contributed by atoms with Crippen molar-refractivity contribution in [3.63, 3.8) is 0 Å². The summed E-state index contributed by atoms with van der Waals surface area (Å²) in [6.07, 6.45) is 0.140. The third-order valence-corrected chi connectivity index (χ3v) is 6.42. The summed E-state index contributed by atoms with van der Waals surface area (Å²) < 4.78 is 10.6. The van der Waals surface area contributed by atoms with Crippen LogP contribution in [0, 0.1) is 12.8 Å². The maximum atomic E-state index is 13.3. The van der Waals surface area contributed by atoms with Gasteiger partial charge in [0.2, 0.25) is 11.8 Å². The normalized spacial score (nSPS) is 18.2. The van der Waals surface area contributed by atoms with E-state index in [0.29, 0.717) is 17.2 Å². The molecule has 0 aliphatic carbocycles. The summed E-state index contributed by atoms with van der Waals surface area (Å²) >= 11 is 1.55. The summed E-state index contributed by atoms with van der Waals surface area (Å²) in [5.74, 6) is 0.321. The van der Waals surface area contributed by atoms with Crippen LogP contribution in [0.2, 0.25) is 0 Å². The fourth-order valence-corrected chi connectivity index (χ4v) is 4.77. The molecule has 7 heteroatoms. The van der Waals surface area contributed by atoms with Crippen LogP contribution in [-0.4, -0.2) is 26.0 Å². The number of thiophene rings is 1. The molecule has 1 saturated heterocycles. The van der Waals surface area contributed by atoms with Crippen molar-refractivity contribution >= 4 is 34.5 Å². The minimum absolute atomic E-state index is 0.0656. The number of methoxy groups -OCH3 is 2. The van der Waals surface area contributed by atoms with Gasteiger partial charge in [0, 0.05) is 23.1 Å². The molecule has 6 nitrogen and oxygen atoms in total. The van der Waals surface area contributed by atoms with Crippen molar-refractivity contribution < 1.29 is 19.1 Å². The second-order valence-electron chi connectivity index (χ2n) is 7.43. The fraction of sp³-hybridized carbons (Fsp3) is 0.250. The number of aryl methyl sites for hydroxylation is 1. The molecule has 0 spiro atoms. The van der Waals surface area contributed by atoms with Gasteiger partial charge in [0.05, 0.1) is 31.9 Å². The van der Waals surface area contributed by atoms with Crippen molar-refractivity contribution in [3.05, 3.63) is 70.4 Å². The van der Waals surface area contributed by atoms with Crippen LogP contribution in [0.1, 0.15) is 22.9 Å². The Labute approximate surface area is 185 Å². The Hall–Kier alpha value is -3.32. The molecule has 160 valence electrons. The predicted molar refractivity (Wildman–Crippen MR) is 122 cm³/mol. The zero-order valence-electron chi connectivity index (χ0n) is 17.6. The lowest BCUT2D eigenvalue weighted by molar-refractivity contribution is -0.122. The van der Waals surface area contributed by atoms with Gasteiger partial charge in [-0.15, -0.1) is 11.3 Å². The number of carbonyl (C=O) groups is 2. The quantitative estimate of drug-likeness (QED) is 0.602. The molecule has 31 heavy (non-hydrogen) atoms. The molecule has 0 radical (unpaired) electrons. The Kier molecular flexibility index (Phi) is 5.95. The van der Waals surface area contributed by atoms with E-state index in [1.165, 1.54) is 7.11 Å². The van der Waals surface area contributed by atoms with Gasteiger partial charge in [0.15, 0.2) is 0 Å². The van der Waals surface area contributed by atoms with Crippen molar-refractivity contribution in [1.29, 1.82) is 0 Å². The maximum absolute atomic E-state index is 13.3. The highest BCUT2D eigenvalue weighted by Gasteiger charge is 2.45. The minimum Gasteiger partial charge on any atom is -0.497 e. The van der Waals surface area contributed by atoms with Crippen molar-refractivity contribution in [3.8, 4) is 11.5 Å². The third kappa shape index (κ3) is 4.14. The minimum atomic E-state index is -0.528. The van der Waals surface area contributed by atoms with Gasteiger partial charge in [-0.2, -0.15) is 0 Å². The van der Waals surface area contributed by atoms with Crippen LogP contribution >= 0.6 is 11.3 Å². The molecule has 4 rings (SSSR count). The van der Waals surface area contributed by atoms with Crippen LogP contribution in [0.15, 0.2) is 60.0 Å². The molecule has 0 bridgehead atoms. The van der Waals surface area contributed by atoms with E-state index in [0.717, 1.165) is 16.1 Å². The first-order valence-corrected chi connectivity index (χ1v) is 10.8. The van der Waals surface area contributed by atoms with Crippen molar-refractivity contribution in [1.82, 2.24) is 0 Å². The molecule has 3 aromatic rings. The molecule has 1 N–H and O–H groups in total. The van der Waals surface area contributed by atoms with E-state index in [4.69, 9.17) is 9.47 Å². The van der Waals surface area contributed by atoms with Gasteiger partial charge in [-0.1, -0.05) is 23.8 Å². The van der Waals surface area contributed by atoms with Crippen molar-refractivity contribution in [2.45, 2.75) is 19.4 Å². The topological polar surface area (TPSA) is 67.9 Å². The van der Waals surface area contributed by atoms with E-state index in [2.05, 4.69) is 5.32 Å². The Morgan fingerprint density at radius 2 is 1.87 bits per heavy atom. The summed E-state index contributed by atoms with van der Waals surface area (Å²) in [6, 6.07) is 16.6. The number of hydrogen-bond acceptors (Lipinski definition) is 5. The monoisotopic (exact) mass is 436 g/mol. The van der Waals surface area contributed by atoms with Crippen molar-refractivity contribution in [2.24, 2.45) is 5.92 Å². The molecule has 2 unspecified atom stereocenters. The molecule has 0 saturated carbocycles. The summed E-state index contributed by atoms with van der Waals surface area (Å²) in [7, 11) is 3.11. The van der Waals surface area contributed by atoms with E-state index >= 15 is 0 Å². The van der Waals surface area contributed by atoms with E-state index in [1.54, 1.807) is 41.5 Å². The van der Waals surface area contributed by atoms with Crippen LogP contribution < -0.4 is 19.7 Å². The Morgan fingerprint density at radius 3 is 2.52 bits per heavy atom. The molecular weight excluding hydrogens is 412 g/mol. The molecule has 1 aliphatic heterocycles. The Morgan fingerprint density at radius 1 is 1.10 bits per heavy atom. The Bertz CT molecular complexity index is 1080. The molecule has 2 aromatic carbocycles. The summed E-state index contributed by atoms with van der Waals surface area (Å²) in [4.78, 5) is 29.1. The van der Waals surface area contributed by atoms with Crippen LogP contribution in [-0.2, 0) is 9.59 Å². The van der Waals surface area contributed by atoms with Gasteiger partial charge in [0.1, 0.15) is 11.5 Å². The predicted octanol–water partition coefficient (Wildman–Crippen LogP) is 4.81.